The molecule has 0 heterocycles. The third-order valence-electron chi connectivity index (χ3n) is 6.10. The first-order valence-corrected chi connectivity index (χ1v) is 9.34. The van der Waals surface area contributed by atoms with Crippen LogP contribution in [0.4, 0.5) is 0 Å². The van der Waals surface area contributed by atoms with Gasteiger partial charge in [0.2, 0.25) is 0 Å². The van der Waals surface area contributed by atoms with Gasteiger partial charge in [-0.25, -0.2) is 4.79 Å². The first-order valence-electron chi connectivity index (χ1n) is 9.34. The van der Waals surface area contributed by atoms with E-state index in [2.05, 4.69) is 52.0 Å². The van der Waals surface area contributed by atoms with Crippen LogP contribution < -0.4 is 0 Å². The number of aliphatic carboxylic acids is 1. The van der Waals surface area contributed by atoms with Gasteiger partial charge in [0.25, 0.3) is 0 Å². The third kappa shape index (κ3) is 3.73. The average molecular weight is 338 g/mol. The number of rotatable bonds is 4. The number of carboxylic acid groups (broad SMARTS) is 1. The summed E-state index contributed by atoms with van der Waals surface area (Å²) in [6.07, 6.45) is 9.04. The highest BCUT2D eigenvalue weighted by Crippen LogP contribution is 2.52. The maximum Gasteiger partial charge on any atom is 0.328 e. The quantitative estimate of drug-likeness (QED) is 0.562. The summed E-state index contributed by atoms with van der Waals surface area (Å²) in [5.41, 5.74) is 5.80. The SMILES string of the molecule is CC(/C=C/[C@@H]1C[C@@H]1c1ccc2c(c1)C(C)(C)CCC2(C)C)=C\C(=O)O. The van der Waals surface area contributed by atoms with Gasteiger partial charge in [0.1, 0.15) is 0 Å². The minimum Gasteiger partial charge on any atom is -0.478 e. The molecule has 0 aromatic heterocycles. The Hall–Kier alpha value is -1.83. The van der Waals surface area contributed by atoms with Gasteiger partial charge in [0.05, 0.1) is 0 Å². The summed E-state index contributed by atoms with van der Waals surface area (Å²) < 4.78 is 0. The highest BCUT2D eigenvalue weighted by atomic mass is 16.4. The molecular weight excluding hydrogens is 308 g/mol. The second-order valence-electron chi connectivity index (χ2n) is 9.16. The Labute approximate surface area is 151 Å². The Morgan fingerprint density at radius 3 is 2.40 bits per heavy atom. The van der Waals surface area contributed by atoms with Crippen LogP contribution in [0.2, 0.25) is 0 Å². The standard InChI is InChI=1S/C23H30O2/c1-15(12-21(24)25)6-7-16-13-18(16)17-8-9-19-20(14-17)23(4,5)11-10-22(19,2)3/h6-9,12,14,16,18H,10-11,13H2,1-5H3,(H,24,25)/b7-6+,15-12+/t16-,18+/m1/s1. The van der Waals surface area contributed by atoms with Gasteiger partial charge in [-0.1, -0.05) is 58.0 Å². The van der Waals surface area contributed by atoms with E-state index in [4.69, 9.17) is 5.11 Å². The van der Waals surface area contributed by atoms with Crippen LogP contribution in [-0.4, -0.2) is 11.1 Å². The molecule has 0 amide bonds. The maximum atomic E-state index is 10.7. The number of carboxylic acids is 1. The molecule has 0 spiro atoms. The maximum absolute atomic E-state index is 10.7. The molecule has 2 nitrogen and oxygen atoms in total. The van der Waals surface area contributed by atoms with Gasteiger partial charge in [0, 0.05) is 6.08 Å². The first kappa shape index (κ1) is 18.0. The lowest BCUT2D eigenvalue weighted by molar-refractivity contribution is -0.131. The monoisotopic (exact) mass is 338 g/mol. The summed E-state index contributed by atoms with van der Waals surface area (Å²) in [6.45, 7) is 11.3. The molecule has 25 heavy (non-hydrogen) atoms. The van der Waals surface area contributed by atoms with E-state index in [1.54, 1.807) is 0 Å². The Morgan fingerprint density at radius 2 is 1.76 bits per heavy atom. The molecule has 2 aliphatic carbocycles. The molecule has 0 saturated heterocycles. The minimum absolute atomic E-state index is 0.252. The fraction of sp³-hybridized carbons (Fsp3) is 0.522. The lowest BCUT2D eigenvalue weighted by atomic mass is 9.63. The second kappa shape index (κ2) is 6.16. The fourth-order valence-corrected chi connectivity index (χ4v) is 4.17. The topological polar surface area (TPSA) is 37.3 Å². The van der Waals surface area contributed by atoms with E-state index < -0.39 is 5.97 Å². The van der Waals surface area contributed by atoms with Crippen molar-refractivity contribution in [1.82, 2.24) is 0 Å². The Morgan fingerprint density at radius 1 is 1.12 bits per heavy atom. The molecule has 134 valence electrons. The van der Waals surface area contributed by atoms with Gasteiger partial charge >= 0.3 is 5.97 Å². The molecule has 0 aliphatic heterocycles. The summed E-state index contributed by atoms with van der Waals surface area (Å²) in [5, 5.41) is 8.79. The van der Waals surface area contributed by atoms with Crippen LogP contribution in [0.3, 0.4) is 0 Å². The van der Waals surface area contributed by atoms with E-state index in [1.165, 1.54) is 42.0 Å². The summed E-state index contributed by atoms with van der Waals surface area (Å²) in [5.74, 6) is 0.240. The van der Waals surface area contributed by atoms with Gasteiger partial charge in [-0.2, -0.15) is 0 Å². The molecule has 2 aliphatic rings. The largest absolute Gasteiger partial charge is 0.478 e. The molecule has 0 radical (unpaired) electrons. The predicted molar refractivity (Wildman–Crippen MR) is 103 cm³/mol. The molecule has 0 bridgehead atoms. The number of hydrogen-bond donors (Lipinski definition) is 1. The molecule has 2 atom stereocenters. The molecule has 1 aromatic carbocycles. The Bertz CT molecular complexity index is 749. The molecular formula is C23H30O2. The van der Waals surface area contributed by atoms with E-state index in [1.807, 2.05) is 13.0 Å². The van der Waals surface area contributed by atoms with Crippen molar-refractivity contribution < 1.29 is 9.90 Å². The Kier molecular flexibility index (Phi) is 4.43. The van der Waals surface area contributed by atoms with Gasteiger partial charge in [-0.15, -0.1) is 0 Å². The summed E-state index contributed by atoms with van der Waals surface area (Å²) in [7, 11) is 0. The van der Waals surface area contributed by atoms with E-state index in [0.29, 0.717) is 11.8 Å². The van der Waals surface area contributed by atoms with E-state index in [-0.39, 0.29) is 10.8 Å². The van der Waals surface area contributed by atoms with Crippen LogP contribution in [0, 0.1) is 5.92 Å². The molecule has 0 unspecified atom stereocenters. The molecule has 3 rings (SSSR count). The number of hydrogen-bond acceptors (Lipinski definition) is 1. The minimum atomic E-state index is -0.881. The van der Waals surface area contributed by atoms with Crippen molar-refractivity contribution in [2.45, 2.75) is 70.6 Å². The van der Waals surface area contributed by atoms with Crippen LogP contribution in [0.25, 0.3) is 0 Å². The van der Waals surface area contributed by atoms with Gasteiger partial charge < -0.3 is 5.11 Å². The van der Waals surface area contributed by atoms with Crippen molar-refractivity contribution in [3.05, 3.63) is 58.7 Å². The second-order valence-corrected chi connectivity index (χ2v) is 9.16. The fourth-order valence-electron chi connectivity index (χ4n) is 4.17. The zero-order valence-corrected chi connectivity index (χ0v) is 16.1. The van der Waals surface area contributed by atoms with Crippen molar-refractivity contribution in [2.75, 3.05) is 0 Å². The summed E-state index contributed by atoms with van der Waals surface area (Å²) in [6, 6.07) is 7.13. The smallest absolute Gasteiger partial charge is 0.328 e. The lowest BCUT2D eigenvalue weighted by Crippen LogP contribution is -2.33. The molecule has 2 heteroatoms. The highest BCUT2D eigenvalue weighted by molar-refractivity contribution is 5.81. The predicted octanol–water partition coefficient (Wildman–Crippen LogP) is 5.73. The zero-order chi connectivity index (χ0) is 18.4. The van der Waals surface area contributed by atoms with Crippen LogP contribution in [0.15, 0.2) is 42.0 Å². The van der Waals surface area contributed by atoms with Crippen LogP contribution in [-0.2, 0) is 15.6 Å². The zero-order valence-electron chi connectivity index (χ0n) is 16.1. The summed E-state index contributed by atoms with van der Waals surface area (Å²) in [4.78, 5) is 10.7. The first-order chi connectivity index (χ1) is 11.6. The van der Waals surface area contributed by atoms with Crippen molar-refractivity contribution in [3.8, 4) is 0 Å². The van der Waals surface area contributed by atoms with E-state index in [9.17, 15) is 4.79 Å². The van der Waals surface area contributed by atoms with Crippen LogP contribution in [0.1, 0.15) is 76.5 Å². The third-order valence-corrected chi connectivity index (χ3v) is 6.10. The van der Waals surface area contributed by atoms with E-state index in [0.717, 1.165) is 5.57 Å². The van der Waals surface area contributed by atoms with Crippen molar-refractivity contribution in [2.24, 2.45) is 5.92 Å². The highest BCUT2D eigenvalue weighted by Gasteiger charge is 2.40. The van der Waals surface area contributed by atoms with E-state index >= 15 is 0 Å². The number of allylic oxidation sites excluding steroid dienone is 3. The van der Waals surface area contributed by atoms with Gasteiger partial charge in [-0.3, -0.25) is 0 Å². The number of fused-ring (bicyclic) bond motifs is 1. The summed E-state index contributed by atoms with van der Waals surface area (Å²) >= 11 is 0. The average Bonchev–Trinajstić information content (AvgIpc) is 3.29. The van der Waals surface area contributed by atoms with Crippen LogP contribution >= 0.6 is 0 Å². The van der Waals surface area contributed by atoms with Crippen molar-refractivity contribution in [3.63, 3.8) is 0 Å². The number of benzene rings is 1. The van der Waals surface area contributed by atoms with Crippen molar-refractivity contribution >= 4 is 5.97 Å². The van der Waals surface area contributed by atoms with Gasteiger partial charge in [0.15, 0.2) is 0 Å². The molecule has 1 aromatic rings. The van der Waals surface area contributed by atoms with Crippen molar-refractivity contribution in [1.29, 1.82) is 0 Å². The number of carbonyl (C=O) groups is 1. The lowest BCUT2D eigenvalue weighted by Gasteiger charge is -2.42. The van der Waals surface area contributed by atoms with Crippen LogP contribution in [0.5, 0.6) is 0 Å². The Balaban J connectivity index is 1.80. The van der Waals surface area contributed by atoms with Gasteiger partial charge in [-0.05, 0) is 71.1 Å². The molecule has 1 fully saturated rings. The molecule has 1 saturated carbocycles. The molecule has 1 N–H and O–H groups in total. The normalized spacial score (nSPS) is 27.2.